The van der Waals surface area contributed by atoms with Crippen molar-refractivity contribution in [2.45, 2.75) is 39.7 Å². The van der Waals surface area contributed by atoms with Gasteiger partial charge in [0, 0.05) is 6.04 Å². The van der Waals surface area contributed by atoms with E-state index in [9.17, 15) is 0 Å². The molecule has 1 aliphatic carbocycles. The van der Waals surface area contributed by atoms with Crippen LogP contribution in [0, 0.1) is 5.41 Å². The summed E-state index contributed by atoms with van der Waals surface area (Å²) in [5.74, 6) is 0. The summed E-state index contributed by atoms with van der Waals surface area (Å²) in [6.45, 7) is 7.97. The van der Waals surface area contributed by atoms with E-state index in [1.807, 2.05) is 0 Å². The second kappa shape index (κ2) is 2.30. The molecule has 0 aromatic rings. The summed E-state index contributed by atoms with van der Waals surface area (Å²) in [5.41, 5.74) is 0.579. The van der Waals surface area contributed by atoms with Gasteiger partial charge in [-0.15, -0.1) is 0 Å². The van der Waals surface area contributed by atoms with Crippen molar-refractivity contribution in [3.8, 4) is 0 Å². The van der Waals surface area contributed by atoms with Crippen LogP contribution in [0.4, 0.5) is 0 Å². The van der Waals surface area contributed by atoms with Gasteiger partial charge in [-0.25, -0.2) is 0 Å². The van der Waals surface area contributed by atoms with E-state index in [1.165, 1.54) is 12.8 Å². The van der Waals surface area contributed by atoms with E-state index in [0.29, 0.717) is 5.41 Å². The van der Waals surface area contributed by atoms with Gasteiger partial charge in [-0.3, -0.25) is 0 Å². The van der Waals surface area contributed by atoms with Crippen LogP contribution in [0.25, 0.3) is 0 Å². The van der Waals surface area contributed by atoms with Crippen LogP contribution >= 0.6 is 0 Å². The van der Waals surface area contributed by atoms with Gasteiger partial charge in [0.2, 0.25) is 0 Å². The predicted octanol–water partition coefficient (Wildman–Crippen LogP) is 1.78. The second-order valence-electron chi connectivity index (χ2n) is 3.64. The molecule has 1 atom stereocenters. The normalized spacial score (nSPS) is 31.7. The molecule has 1 unspecified atom stereocenters. The van der Waals surface area contributed by atoms with Crippen LogP contribution in [0.3, 0.4) is 0 Å². The van der Waals surface area contributed by atoms with Crippen molar-refractivity contribution in [1.29, 1.82) is 0 Å². The Hall–Kier alpha value is -0.0400. The number of hydrogen-bond donors (Lipinski definition) is 1. The highest BCUT2D eigenvalue weighted by molar-refractivity contribution is 4.93. The molecule has 0 aromatic heterocycles. The Kier molecular flexibility index (Phi) is 1.80. The molecule has 0 spiro atoms. The molecule has 0 aliphatic heterocycles. The zero-order chi connectivity index (χ0) is 6.91. The second-order valence-corrected chi connectivity index (χ2v) is 3.64. The first kappa shape index (κ1) is 7.07. The van der Waals surface area contributed by atoms with Crippen molar-refractivity contribution in [2.24, 2.45) is 5.41 Å². The van der Waals surface area contributed by atoms with Crippen LogP contribution in [0.15, 0.2) is 0 Å². The molecule has 0 bridgehead atoms. The molecule has 0 amide bonds. The number of nitrogens with one attached hydrogen (secondary N) is 1. The van der Waals surface area contributed by atoms with E-state index in [0.717, 1.165) is 12.6 Å². The van der Waals surface area contributed by atoms with Gasteiger partial charge in [0.15, 0.2) is 0 Å². The summed E-state index contributed by atoms with van der Waals surface area (Å²) in [6, 6.07) is 0.794. The Balaban J connectivity index is 2.28. The fourth-order valence-electron chi connectivity index (χ4n) is 1.49. The summed E-state index contributed by atoms with van der Waals surface area (Å²) in [6.07, 6.45) is 2.77. The van der Waals surface area contributed by atoms with E-state index >= 15 is 0 Å². The first-order valence-electron chi connectivity index (χ1n) is 3.90. The fourth-order valence-corrected chi connectivity index (χ4v) is 1.49. The Morgan fingerprint density at radius 3 is 2.33 bits per heavy atom. The topological polar surface area (TPSA) is 12.0 Å². The van der Waals surface area contributed by atoms with Crippen LogP contribution in [0.5, 0.6) is 0 Å². The molecule has 9 heavy (non-hydrogen) atoms. The third-order valence-electron chi connectivity index (χ3n) is 2.47. The van der Waals surface area contributed by atoms with Gasteiger partial charge in [-0.05, 0) is 24.8 Å². The lowest BCUT2D eigenvalue weighted by atomic mass is 9.67. The molecule has 1 nitrogen and oxygen atoms in total. The number of hydrogen-bond acceptors (Lipinski definition) is 1. The highest BCUT2D eigenvalue weighted by Crippen LogP contribution is 2.39. The van der Waals surface area contributed by atoms with E-state index < -0.39 is 0 Å². The molecule has 0 radical (unpaired) electrons. The molecule has 1 rings (SSSR count). The summed E-state index contributed by atoms with van der Waals surface area (Å²) >= 11 is 0. The Morgan fingerprint density at radius 2 is 2.22 bits per heavy atom. The molecule has 1 fully saturated rings. The summed E-state index contributed by atoms with van der Waals surface area (Å²) in [4.78, 5) is 0. The molecule has 54 valence electrons. The van der Waals surface area contributed by atoms with Gasteiger partial charge in [0.1, 0.15) is 0 Å². The quantitative estimate of drug-likeness (QED) is 0.596. The minimum atomic E-state index is 0.579. The van der Waals surface area contributed by atoms with E-state index in [4.69, 9.17) is 0 Å². The molecular weight excluding hydrogens is 110 g/mol. The van der Waals surface area contributed by atoms with Crippen molar-refractivity contribution in [1.82, 2.24) is 5.32 Å². The largest absolute Gasteiger partial charge is 0.314 e. The summed E-state index contributed by atoms with van der Waals surface area (Å²) < 4.78 is 0. The minimum absolute atomic E-state index is 0.579. The highest BCUT2D eigenvalue weighted by Gasteiger charge is 2.37. The van der Waals surface area contributed by atoms with Gasteiger partial charge in [0.25, 0.3) is 0 Å². The molecular formula is C8H17N. The average Bonchev–Trinajstić information content (AvgIpc) is 1.81. The highest BCUT2D eigenvalue weighted by atomic mass is 14.9. The zero-order valence-electron chi connectivity index (χ0n) is 6.70. The smallest absolute Gasteiger partial charge is 0.0118 e. The van der Waals surface area contributed by atoms with Gasteiger partial charge in [-0.1, -0.05) is 20.8 Å². The van der Waals surface area contributed by atoms with Crippen molar-refractivity contribution in [3.05, 3.63) is 0 Å². The summed E-state index contributed by atoms with van der Waals surface area (Å²) in [5, 5.41) is 3.47. The third kappa shape index (κ3) is 1.26. The zero-order valence-corrected chi connectivity index (χ0v) is 6.70. The minimum Gasteiger partial charge on any atom is -0.314 e. The van der Waals surface area contributed by atoms with Gasteiger partial charge in [-0.2, -0.15) is 0 Å². The molecule has 1 heteroatoms. The Labute approximate surface area is 57.8 Å². The van der Waals surface area contributed by atoms with Crippen molar-refractivity contribution in [2.75, 3.05) is 6.54 Å². The monoisotopic (exact) mass is 127 g/mol. The third-order valence-corrected chi connectivity index (χ3v) is 2.47. The average molecular weight is 127 g/mol. The van der Waals surface area contributed by atoms with Crippen LogP contribution < -0.4 is 5.32 Å². The van der Waals surface area contributed by atoms with Crippen molar-refractivity contribution < 1.29 is 0 Å². The SMILES string of the molecule is CCNC1CCC1(C)C. The maximum absolute atomic E-state index is 3.47. The van der Waals surface area contributed by atoms with E-state index in [2.05, 4.69) is 26.1 Å². The van der Waals surface area contributed by atoms with Crippen LogP contribution in [-0.2, 0) is 0 Å². The van der Waals surface area contributed by atoms with Crippen molar-refractivity contribution >= 4 is 0 Å². The van der Waals surface area contributed by atoms with Crippen LogP contribution in [0.2, 0.25) is 0 Å². The van der Waals surface area contributed by atoms with E-state index in [-0.39, 0.29) is 0 Å². The number of rotatable bonds is 2. The van der Waals surface area contributed by atoms with Gasteiger partial charge < -0.3 is 5.32 Å². The molecule has 0 aromatic carbocycles. The molecule has 0 heterocycles. The Bertz CT molecular complexity index is 96.7. The first-order chi connectivity index (χ1) is 4.17. The lowest BCUT2D eigenvalue weighted by Gasteiger charge is -2.45. The standard InChI is InChI=1S/C8H17N/c1-4-9-7-5-6-8(7,2)3/h7,9H,4-6H2,1-3H3. The molecule has 1 aliphatic rings. The molecule has 1 N–H and O–H groups in total. The van der Waals surface area contributed by atoms with Crippen molar-refractivity contribution in [3.63, 3.8) is 0 Å². The lowest BCUT2D eigenvalue weighted by Crippen LogP contribution is -2.49. The summed E-state index contributed by atoms with van der Waals surface area (Å²) in [7, 11) is 0. The van der Waals surface area contributed by atoms with Crippen LogP contribution in [0.1, 0.15) is 33.6 Å². The van der Waals surface area contributed by atoms with Gasteiger partial charge >= 0.3 is 0 Å². The fraction of sp³-hybridized carbons (Fsp3) is 1.00. The van der Waals surface area contributed by atoms with Crippen LogP contribution in [-0.4, -0.2) is 12.6 Å². The maximum Gasteiger partial charge on any atom is 0.0118 e. The first-order valence-corrected chi connectivity index (χ1v) is 3.90. The van der Waals surface area contributed by atoms with E-state index in [1.54, 1.807) is 0 Å². The Morgan fingerprint density at radius 1 is 1.56 bits per heavy atom. The van der Waals surface area contributed by atoms with Gasteiger partial charge in [0.05, 0.1) is 0 Å². The maximum atomic E-state index is 3.47. The molecule has 0 saturated heterocycles. The lowest BCUT2D eigenvalue weighted by molar-refractivity contribution is 0.111. The predicted molar refractivity (Wildman–Crippen MR) is 40.5 cm³/mol. The molecule has 1 saturated carbocycles.